The van der Waals surface area contributed by atoms with Gasteiger partial charge in [0.25, 0.3) is 5.91 Å². The minimum atomic E-state index is -0.692. The molecule has 2 aromatic heterocycles. The van der Waals surface area contributed by atoms with Gasteiger partial charge < -0.3 is 19.9 Å². The summed E-state index contributed by atoms with van der Waals surface area (Å²) in [5, 5.41) is 19.2. The molecule has 0 spiro atoms. The summed E-state index contributed by atoms with van der Waals surface area (Å²) in [7, 11) is 1.56. The van der Waals surface area contributed by atoms with Gasteiger partial charge in [0.2, 0.25) is 11.6 Å². The minimum absolute atomic E-state index is 0.00735. The number of nitrogen functional groups attached to an aromatic ring is 1. The standard InChI is InChI=1S/C27H20Br3FN8O5/c1-41-22-7-2-14(8-15(22)12-43-24-19(29)9-16(28)10-20(24)30)11-33-35-27(40)23-21(13-42-18-5-3-17(31)4-6-18)39(38-34-23)26-25(32)36-44-37-26/h2-11H,12-13H2,1H3,(H2,32,36)(H,35,40)/b33-11-. The number of hydrogen-bond acceptors (Lipinski definition) is 11. The number of nitrogens with zero attached hydrogens (tertiary/aromatic N) is 6. The fourth-order valence-electron chi connectivity index (χ4n) is 3.82. The summed E-state index contributed by atoms with van der Waals surface area (Å²) < 4.78 is 38.8. The number of amides is 1. The van der Waals surface area contributed by atoms with Crippen LogP contribution >= 0.6 is 47.8 Å². The van der Waals surface area contributed by atoms with Gasteiger partial charge in [-0.3, -0.25) is 4.79 Å². The van der Waals surface area contributed by atoms with Crippen molar-refractivity contribution in [2.45, 2.75) is 13.2 Å². The van der Waals surface area contributed by atoms with Crippen LogP contribution in [-0.4, -0.2) is 44.5 Å². The van der Waals surface area contributed by atoms with E-state index in [0.717, 1.165) is 23.7 Å². The van der Waals surface area contributed by atoms with Crippen molar-refractivity contribution >= 4 is 65.7 Å². The van der Waals surface area contributed by atoms with Crippen molar-refractivity contribution in [2.24, 2.45) is 5.10 Å². The molecule has 0 aliphatic heterocycles. The third-order valence-corrected chi connectivity index (χ3v) is 7.52. The van der Waals surface area contributed by atoms with Crippen molar-refractivity contribution in [1.82, 2.24) is 30.7 Å². The number of ether oxygens (including phenoxy) is 3. The van der Waals surface area contributed by atoms with Crippen LogP contribution in [0.4, 0.5) is 10.2 Å². The average molecular weight is 795 g/mol. The van der Waals surface area contributed by atoms with Gasteiger partial charge in [-0.1, -0.05) is 21.1 Å². The van der Waals surface area contributed by atoms with Gasteiger partial charge in [0, 0.05) is 10.0 Å². The predicted molar refractivity (Wildman–Crippen MR) is 166 cm³/mol. The maximum Gasteiger partial charge on any atom is 0.293 e. The van der Waals surface area contributed by atoms with Gasteiger partial charge in [-0.15, -0.1) is 5.10 Å². The lowest BCUT2D eigenvalue weighted by Gasteiger charge is -2.13. The van der Waals surface area contributed by atoms with Crippen molar-refractivity contribution in [1.29, 1.82) is 0 Å². The predicted octanol–water partition coefficient (Wildman–Crippen LogP) is 5.59. The quantitative estimate of drug-likeness (QED) is 0.127. The highest BCUT2D eigenvalue weighted by Gasteiger charge is 2.24. The van der Waals surface area contributed by atoms with Crippen LogP contribution < -0.4 is 25.4 Å². The Morgan fingerprint density at radius 3 is 2.50 bits per heavy atom. The van der Waals surface area contributed by atoms with E-state index in [2.05, 4.69) is 83.6 Å². The normalized spacial score (nSPS) is 11.1. The highest BCUT2D eigenvalue weighted by molar-refractivity contribution is 9.11. The SMILES string of the molecule is COc1ccc(/C=N\NC(=O)c2nnn(-c3nonc3N)c2COc2ccc(F)cc2)cc1COc1c(Br)cc(Br)cc1Br. The first-order chi connectivity index (χ1) is 21.2. The molecule has 5 rings (SSSR count). The van der Waals surface area contributed by atoms with Crippen molar-refractivity contribution in [3.05, 3.63) is 96.3 Å². The molecule has 0 aliphatic carbocycles. The first-order valence-electron chi connectivity index (χ1n) is 12.4. The van der Waals surface area contributed by atoms with Gasteiger partial charge in [-0.25, -0.2) is 14.4 Å². The Labute approximate surface area is 273 Å². The van der Waals surface area contributed by atoms with E-state index in [1.54, 1.807) is 19.2 Å². The molecule has 0 bridgehead atoms. The van der Waals surface area contributed by atoms with E-state index >= 15 is 0 Å². The topological polar surface area (TPSA) is 165 Å². The number of aromatic nitrogens is 5. The van der Waals surface area contributed by atoms with E-state index in [0.29, 0.717) is 22.8 Å². The first kappa shape index (κ1) is 31.1. The Kier molecular flexibility index (Phi) is 9.86. The molecule has 1 amide bonds. The zero-order valence-corrected chi connectivity index (χ0v) is 27.3. The number of hydrogen-bond donors (Lipinski definition) is 2. The lowest BCUT2D eigenvalue weighted by Crippen LogP contribution is -2.21. The monoisotopic (exact) mass is 792 g/mol. The van der Waals surface area contributed by atoms with E-state index in [9.17, 15) is 9.18 Å². The smallest absolute Gasteiger partial charge is 0.293 e. The summed E-state index contributed by atoms with van der Waals surface area (Å²) in [6.45, 7) is -0.0135. The number of benzene rings is 3. The zero-order valence-electron chi connectivity index (χ0n) is 22.5. The van der Waals surface area contributed by atoms with Gasteiger partial charge in [-0.05, 0) is 102 Å². The van der Waals surface area contributed by atoms with E-state index < -0.39 is 11.7 Å². The largest absolute Gasteiger partial charge is 0.496 e. The Morgan fingerprint density at radius 1 is 1.07 bits per heavy atom. The van der Waals surface area contributed by atoms with Crippen LogP contribution in [0.1, 0.15) is 27.3 Å². The van der Waals surface area contributed by atoms with Crippen molar-refractivity contribution in [2.75, 3.05) is 12.8 Å². The Morgan fingerprint density at radius 2 is 1.82 bits per heavy atom. The molecule has 0 atom stereocenters. The number of methoxy groups -OCH3 is 1. The summed E-state index contributed by atoms with van der Waals surface area (Å²) in [5.74, 6) is 0.383. The zero-order chi connectivity index (χ0) is 31.2. The van der Waals surface area contributed by atoms with Crippen LogP contribution in [0.15, 0.2) is 77.7 Å². The van der Waals surface area contributed by atoms with Crippen LogP contribution in [0.25, 0.3) is 5.82 Å². The number of hydrazone groups is 1. The molecule has 5 aromatic rings. The molecule has 13 nitrogen and oxygen atoms in total. The second kappa shape index (κ2) is 14.0. The van der Waals surface area contributed by atoms with Crippen molar-refractivity contribution < 1.29 is 28.0 Å². The molecule has 17 heteroatoms. The summed E-state index contributed by atoms with van der Waals surface area (Å²) in [4.78, 5) is 13.1. The minimum Gasteiger partial charge on any atom is -0.496 e. The van der Waals surface area contributed by atoms with Crippen molar-refractivity contribution in [3.8, 4) is 23.1 Å². The van der Waals surface area contributed by atoms with E-state index in [-0.39, 0.29) is 36.2 Å². The Bertz CT molecular complexity index is 1810. The summed E-state index contributed by atoms with van der Waals surface area (Å²) in [6, 6.07) is 14.4. The number of rotatable bonds is 11. The van der Waals surface area contributed by atoms with Gasteiger partial charge in [0.05, 0.1) is 22.3 Å². The van der Waals surface area contributed by atoms with Gasteiger partial charge >= 0.3 is 0 Å². The fourth-order valence-corrected chi connectivity index (χ4v) is 6.31. The molecule has 0 radical (unpaired) electrons. The summed E-state index contributed by atoms with van der Waals surface area (Å²) in [6.07, 6.45) is 1.45. The van der Waals surface area contributed by atoms with E-state index in [1.807, 2.05) is 18.2 Å². The molecule has 44 heavy (non-hydrogen) atoms. The molecular formula is C27H20Br3FN8O5. The van der Waals surface area contributed by atoms with Crippen molar-refractivity contribution in [3.63, 3.8) is 0 Å². The van der Waals surface area contributed by atoms with Crippen LogP contribution in [0.3, 0.4) is 0 Å². The molecule has 226 valence electrons. The van der Waals surface area contributed by atoms with Crippen LogP contribution in [-0.2, 0) is 13.2 Å². The lowest BCUT2D eigenvalue weighted by molar-refractivity contribution is 0.0947. The Hall–Kier alpha value is -4.35. The van der Waals surface area contributed by atoms with Crippen LogP contribution in [0.5, 0.6) is 17.2 Å². The molecule has 0 fully saturated rings. The molecular weight excluding hydrogens is 775 g/mol. The summed E-state index contributed by atoms with van der Waals surface area (Å²) in [5.41, 5.74) is 9.69. The molecule has 3 aromatic carbocycles. The number of halogens is 4. The average Bonchev–Trinajstić information content (AvgIpc) is 3.62. The molecule has 0 unspecified atom stereocenters. The van der Waals surface area contributed by atoms with Crippen LogP contribution in [0.2, 0.25) is 0 Å². The van der Waals surface area contributed by atoms with Gasteiger partial charge in [0.15, 0.2) is 5.69 Å². The maximum atomic E-state index is 13.3. The first-order valence-corrected chi connectivity index (χ1v) is 14.8. The third-order valence-electron chi connectivity index (χ3n) is 5.88. The number of nitrogens with two attached hydrogens (primary N) is 1. The molecule has 0 aliphatic rings. The molecule has 2 heterocycles. The number of carbonyl (C=O) groups is 1. The van der Waals surface area contributed by atoms with Gasteiger partial charge in [0.1, 0.15) is 42.0 Å². The fraction of sp³-hybridized carbons (Fsp3) is 0.111. The highest BCUT2D eigenvalue weighted by Crippen LogP contribution is 2.37. The second-order valence-corrected chi connectivity index (χ2v) is 11.4. The third kappa shape index (κ3) is 7.23. The molecule has 0 saturated heterocycles. The van der Waals surface area contributed by atoms with Gasteiger partial charge in [-0.2, -0.15) is 9.78 Å². The van der Waals surface area contributed by atoms with E-state index in [4.69, 9.17) is 19.9 Å². The maximum absolute atomic E-state index is 13.3. The molecule has 0 saturated carbocycles. The molecule has 3 N–H and O–H groups in total. The highest BCUT2D eigenvalue weighted by atomic mass is 79.9. The Balaban J connectivity index is 1.32. The van der Waals surface area contributed by atoms with E-state index in [1.165, 1.54) is 30.5 Å². The second-order valence-electron chi connectivity index (χ2n) is 8.77. The van der Waals surface area contributed by atoms with Crippen LogP contribution in [0, 0.1) is 5.82 Å². The summed E-state index contributed by atoms with van der Waals surface area (Å²) >= 11 is 10.5. The number of nitrogens with one attached hydrogen (secondary N) is 1. The lowest BCUT2D eigenvalue weighted by atomic mass is 10.1. The number of anilines is 1. The number of carbonyl (C=O) groups excluding carboxylic acids is 1.